The van der Waals surface area contributed by atoms with Gasteiger partial charge >= 0.3 is 0 Å². The van der Waals surface area contributed by atoms with Crippen LogP contribution in [0.3, 0.4) is 0 Å². The molecule has 1 aromatic heterocycles. The van der Waals surface area contributed by atoms with Crippen molar-refractivity contribution in [3.63, 3.8) is 0 Å². The van der Waals surface area contributed by atoms with E-state index in [4.69, 9.17) is 0 Å². The zero-order valence-electron chi connectivity index (χ0n) is 17.9. The van der Waals surface area contributed by atoms with Crippen LogP contribution < -0.4 is 4.83 Å². The van der Waals surface area contributed by atoms with E-state index in [1.807, 2.05) is 73.7 Å². The van der Waals surface area contributed by atoms with Crippen molar-refractivity contribution in [2.24, 2.45) is 5.10 Å². The molecule has 0 bridgehead atoms. The molecule has 0 fully saturated rings. The van der Waals surface area contributed by atoms with Gasteiger partial charge in [-0.05, 0) is 42.0 Å². The quantitative estimate of drug-likeness (QED) is 0.306. The van der Waals surface area contributed by atoms with Crippen molar-refractivity contribution in [1.82, 2.24) is 19.8 Å². The Morgan fingerprint density at radius 1 is 0.909 bits per heavy atom. The minimum atomic E-state index is -3.84. The van der Waals surface area contributed by atoms with Crippen molar-refractivity contribution in [2.75, 3.05) is 0 Å². The van der Waals surface area contributed by atoms with Gasteiger partial charge in [-0.3, -0.25) is 0 Å². The number of para-hydroxylation sites is 1. The van der Waals surface area contributed by atoms with Crippen molar-refractivity contribution < 1.29 is 8.42 Å². The largest absolute Gasteiger partial charge is 0.276 e. The standard InChI is InChI=1S/C25H21N5O2S/c1-18-13-15-20(16-14-18)33(31,32)29-27-24(17-30-25-12-5-4-11-23(25)26-28-30)22-10-6-8-19-7-2-3-9-21(19)22/h2-16,29H,17H2,1H3/b27-24+. The average molecular weight is 456 g/mol. The van der Waals surface area contributed by atoms with E-state index in [2.05, 4.69) is 20.2 Å². The van der Waals surface area contributed by atoms with Gasteiger partial charge in [-0.25, -0.2) is 4.68 Å². The molecule has 0 saturated carbocycles. The predicted octanol–water partition coefficient (Wildman–Crippen LogP) is 4.28. The highest BCUT2D eigenvalue weighted by molar-refractivity contribution is 7.89. The number of hydrogen-bond acceptors (Lipinski definition) is 5. The number of benzene rings is 4. The molecule has 5 rings (SSSR count). The maximum atomic E-state index is 12.9. The van der Waals surface area contributed by atoms with Crippen LogP contribution in [0.25, 0.3) is 21.8 Å². The number of hydrazone groups is 1. The molecule has 7 nitrogen and oxygen atoms in total. The van der Waals surface area contributed by atoms with Gasteiger partial charge < -0.3 is 0 Å². The smallest absolute Gasteiger partial charge is 0.239 e. The summed E-state index contributed by atoms with van der Waals surface area (Å²) in [4.78, 5) is 2.57. The van der Waals surface area contributed by atoms with Crippen molar-refractivity contribution in [1.29, 1.82) is 0 Å². The SMILES string of the molecule is Cc1ccc(S(=O)(=O)N/N=C(\Cn2nnc3ccccc32)c2cccc3ccccc23)cc1. The highest BCUT2D eigenvalue weighted by Gasteiger charge is 2.16. The first-order valence-electron chi connectivity index (χ1n) is 10.4. The molecule has 0 amide bonds. The highest BCUT2D eigenvalue weighted by atomic mass is 32.2. The van der Waals surface area contributed by atoms with Crippen molar-refractivity contribution in [3.05, 3.63) is 102 Å². The molecule has 0 spiro atoms. The molecule has 0 aliphatic heterocycles. The van der Waals surface area contributed by atoms with Gasteiger partial charge in [0.25, 0.3) is 10.0 Å². The Labute approximate surface area is 191 Å². The molecule has 0 aliphatic carbocycles. The summed E-state index contributed by atoms with van der Waals surface area (Å²) < 4.78 is 27.5. The number of nitrogens with one attached hydrogen (secondary N) is 1. The summed E-state index contributed by atoms with van der Waals surface area (Å²) in [5.41, 5.74) is 3.92. The van der Waals surface area contributed by atoms with Crippen LogP contribution in [0.15, 0.2) is 101 Å². The van der Waals surface area contributed by atoms with E-state index in [0.717, 1.165) is 32.9 Å². The molecule has 164 valence electrons. The first kappa shape index (κ1) is 20.8. The van der Waals surface area contributed by atoms with Crippen LogP contribution in [-0.2, 0) is 16.6 Å². The number of sulfonamides is 1. The van der Waals surface area contributed by atoms with E-state index in [1.54, 1.807) is 28.9 Å². The number of nitrogens with zero attached hydrogens (tertiary/aromatic N) is 4. The third-order valence-corrected chi connectivity index (χ3v) is 6.68. The van der Waals surface area contributed by atoms with Crippen molar-refractivity contribution >= 4 is 37.5 Å². The summed E-state index contributed by atoms with van der Waals surface area (Å²) in [6.07, 6.45) is 0. The van der Waals surface area contributed by atoms with Crippen LogP contribution in [0.5, 0.6) is 0 Å². The van der Waals surface area contributed by atoms with Gasteiger partial charge in [0.05, 0.1) is 22.7 Å². The molecular weight excluding hydrogens is 434 g/mol. The molecule has 5 aromatic rings. The van der Waals surface area contributed by atoms with Gasteiger partial charge in [-0.15, -0.1) is 5.10 Å². The Bertz CT molecular complexity index is 1580. The molecule has 0 saturated heterocycles. The zero-order chi connectivity index (χ0) is 22.8. The number of aromatic nitrogens is 3. The predicted molar refractivity (Wildman–Crippen MR) is 130 cm³/mol. The van der Waals surface area contributed by atoms with Crippen LogP contribution >= 0.6 is 0 Å². The summed E-state index contributed by atoms with van der Waals surface area (Å²) >= 11 is 0. The summed E-state index contributed by atoms with van der Waals surface area (Å²) in [5.74, 6) is 0. The van der Waals surface area contributed by atoms with Crippen molar-refractivity contribution in [2.45, 2.75) is 18.4 Å². The fourth-order valence-corrected chi connectivity index (χ4v) is 4.55. The molecule has 0 atom stereocenters. The third kappa shape index (κ3) is 4.20. The maximum Gasteiger partial charge on any atom is 0.276 e. The van der Waals surface area contributed by atoms with Crippen LogP contribution in [0.2, 0.25) is 0 Å². The molecule has 1 heterocycles. The topological polar surface area (TPSA) is 89.2 Å². The molecule has 33 heavy (non-hydrogen) atoms. The normalized spacial score (nSPS) is 12.3. The van der Waals surface area contributed by atoms with Crippen LogP contribution in [0.4, 0.5) is 0 Å². The number of fused-ring (bicyclic) bond motifs is 2. The summed E-state index contributed by atoms with van der Waals surface area (Å²) in [5, 5.41) is 14.9. The number of aryl methyl sites for hydroxylation is 1. The van der Waals surface area contributed by atoms with E-state index in [9.17, 15) is 8.42 Å². The Balaban J connectivity index is 1.60. The lowest BCUT2D eigenvalue weighted by Crippen LogP contribution is -2.23. The fourth-order valence-electron chi connectivity index (χ4n) is 3.72. The van der Waals surface area contributed by atoms with Gasteiger partial charge in [0.15, 0.2) is 0 Å². The maximum absolute atomic E-state index is 12.9. The van der Waals surface area contributed by atoms with Gasteiger partial charge in [0, 0.05) is 5.56 Å². The zero-order valence-corrected chi connectivity index (χ0v) is 18.7. The van der Waals surface area contributed by atoms with Gasteiger partial charge in [-0.2, -0.15) is 18.4 Å². The van der Waals surface area contributed by atoms with Crippen LogP contribution in [0.1, 0.15) is 11.1 Å². The summed E-state index contributed by atoms with van der Waals surface area (Å²) in [7, 11) is -3.84. The highest BCUT2D eigenvalue weighted by Crippen LogP contribution is 2.21. The minimum Gasteiger partial charge on any atom is -0.239 e. The fraction of sp³-hybridized carbons (Fsp3) is 0.0800. The molecule has 0 unspecified atom stereocenters. The molecular formula is C25H21N5O2S. The second kappa shape index (κ2) is 8.48. The molecule has 0 aliphatic rings. The number of hydrogen-bond donors (Lipinski definition) is 1. The van der Waals surface area contributed by atoms with Gasteiger partial charge in [-0.1, -0.05) is 77.5 Å². The summed E-state index contributed by atoms with van der Waals surface area (Å²) in [6.45, 7) is 2.15. The van der Waals surface area contributed by atoms with E-state index in [1.165, 1.54) is 0 Å². The van der Waals surface area contributed by atoms with E-state index in [-0.39, 0.29) is 11.4 Å². The lowest BCUT2D eigenvalue weighted by atomic mass is 10.0. The van der Waals surface area contributed by atoms with Gasteiger partial charge in [0.2, 0.25) is 0 Å². The first-order chi connectivity index (χ1) is 16.0. The Hall–Kier alpha value is -4.04. The Morgan fingerprint density at radius 2 is 1.64 bits per heavy atom. The minimum absolute atomic E-state index is 0.153. The van der Waals surface area contributed by atoms with Crippen LogP contribution in [0, 0.1) is 6.92 Å². The Morgan fingerprint density at radius 3 is 2.48 bits per heavy atom. The average Bonchev–Trinajstić information content (AvgIpc) is 3.24. The lowest BCUT2D eigenvalue weighted by molar-refractivity contribution is 0.584. The van der Waals surface area contributed by atoms with Crippen molar-refractivity contribution in [3.8, 4) is 0 Å². The first-order valence-corrected chi connectivity index (χ1v) is 11.9. The lowest BCUT2D eigenvalue weighted by Gasteiger charge is -2.12. The second-order valence-corrected chi connectivity index (χ2v) is 9.39. The molecule has 4 aromatic carbocycles. The molecule has 0 radical (unpaired) electrons. The second-order valence-electron chi connectivity index (χ2n) is 7.73. The third-order valence-electron chi connectivity index (χ3n) is 5.45. The monoisotopic (exact) mass is 455 g/mol. The van der Waals surface area contributed by atoms with E-state index >= 15 is 0 Å². The van der Waals surface area contributed by atoms with Gasteiger partial charge in [0.1, 0.15) is 5.52 Å². The van der Waals surface area contributed by atoms with E-state index in [0.29, 0.717) is 5.71 Å². The molecule has 1 N–H and O–H groups in total. The summed E-state index contributed by atoms with van der Waals surface area (Å²) in [6, 6.07) is 28.1. The van der Waals surface area contributed by atoms with E-state index < -0.39 is 10.0 Å². The number of rotatable bonds is 6. The van der Waals surface area contributed by atoms with Crippen LogP contribution in [-0.4, -0.2) is 29.1 Å². The Kier molecular flexibility index (Phi) is 5.35. The molecule has 8 heteroatoms.